The third-order valence-electron chi connectivity index (χ3n) is 5.31. The SMILES string of the molecule is [3H]c1cccc(COC(=O)Nc2ccc(S(=O)(=O)N(C(=O)Nc3cc(Cl)ccc3C(=O)O)C(=O)OCCCC)cc2)c1. The van der Waals surface area contributed by atoms with Crippen LogP contribution in [0.3, 0.4) is 0 Å². The van der Waals surface area contributed by atoms with E-state index in [2.05, 4.69) is 10.6 Å². The number of ether oxygens (including phenoxy) is 2. The Labute approximate surface area is 242 Å². The van der Waals surface area contributed by atoms with E-state index >= 15 is 0 Å². The van der Waals surface area contributed by atoms with Crippen molar-refractivity contribution in [3.63, 3.8) is 0 Å². The lowest BCUT2D eigenvalue weighted by Crippen LogP contribution is -2.44. The number of urea groups is 1. The Bertz CT molecular complexity index is 1580. The van der Waals surface area contributed by atoms with E-state index in [0.717, 1.165) is 24.3 Å². The summed E-state index contributed by atoms with van der Waals surface area (Å²) in [4.78, 5) is 49.2. The summed E-state index contributed by atoms with van der Waals surface area (Å²) < 4.78 is 44.4. The van der Waals surface area contributed by atoms with Crippen LogP contribution in [0.25, 0.3) is 0 Å². The average molecular weight is 606 g/mol. The third kappa shape index (κ3) is 8.43. The topological polar surface area (TPSA) is 168 Å². The summed E-state index contributed by atoms with van der Waals surface area (Å²) >= 11 is 5.91. The van der Waals surface area contributed by atoms with Crippen molar-refractivity contribution in [2.75, 3.05) is 17.2 Å². The van der Waals surface area contributed by atoms with Crippen molar-refractivity contribution in [2.24, 2.45) is 0 Å². The molecule has 14 heteroatoms. The first-order valence-corrected chi connectivity index (χ1v) is 13.9. The Balaban J connectivity index is 1.81. The van der Waals surface area contributed by atoms with Gasteiger partial charge in [0.25, 0.3) is 10.0 Å². The van der Waals surface area contributed by atoms with Gasteiger partial charge in [0.2, 0.25) is 0 Å². The number of amides is 4. The maximum atomic E-state index is 13.4. The number of aromatic carboxylic acids is 1. The summed E-state index contributed by atoms with van der Waals surface area (Å²) in [6, 6.07) is 13.1. The molecule has 3 aromatic carbocycles. The number of unbranched alkanes of at least 4 members (excludes halogenated alkanes) is 1. The number of anilines is 2. The lowest BCUT2D eigenvalue weighted by molar-refractivity contribution is 0.0697. The zero-order chi connectivity index (χ0) is 30.9. The molecule has 0 saturated heterocycles. The molecule has 0 unspecified atom stereocenters. The summed E-state index contributed by atoms with van der Waals surface area (Å²) in [6.45, 7) is 1.52. The van der Waals surface area contributed by atoms with Gasteiger partial charge >= 0.3 is 24.2 Å². The molecule has 0 aliphatic rings. The van der Waals surface area contributed by atoms with Crippen LogP contribution in [0.2, 0.25) is 5.02 Å². The number of sulfonamides is 1. The minimum absolute atomic E-state index is 0.0433. The number of nitrogens with zero attached hydrogens (tertiary/aromatic N) is 1. The fourth-order valence-electron chi connectivity index (χ4n) is 3.26. The molecular formula is C27H26ClN3O9S. The van der Waals surface area contributed by atoms with Gasteiger partial charge in [0.15, 0.2) is 0 Å². The quantitative estimate of drug-likeness (QED) is 0.236. The van der Waals surface area contributed by atoms with Gasteiger partial charge in [-0.2, -0.15) is 0 Å². The maximum absolute atomic E-state index is 13.4. The average Bonchev–Trinajstić information content (AvgIpc) is 2.92. The summed E-state index contributed by atoms with van der Waals surface area (Å²) in [5, 5.41) is 14.0. The van der Waals surface area contributed by atoms with Gasteiger partial charge < -0.3 is 19.9 Å². The predicted molar refractivity (Wildman–Crippen MR) is 149 cm³/mol. The number of carbonyl (C=O) groups is 4. The summed E-state index contributed by atoms with van der Waals surface area (Å²) in [5.41, 5.74) is -0.0236. The molecule has 0 aromatic heterocycles. The van der Waals surface area contributed by atoms with Gasteiger partial charge in [-0.1, -0.05) is 55.3 Å². The molecule has 3 aromatic rings. The van der Waals surface area contributed by atoms with Gasteiger partial charge in [0, 0.05) is 10.7 Å². The smallest absolute Gasteiger partial charge is 0.432 e. The first-order chi connectivity index (χ1) is 19.9. The molecule has 216 valence electrons. The van der Waals surface area contributed by atoms with Crippen molar-refractivity contribution >= 4 is 57.2 Å². The second kappa shape index (κ2) is 14.1. The van der Waals surface area contributed by atoms with Crippen LogP contribution in [0.1, 0.15) is 37.1 Å². The van der Waals surface area contributed by atoms with Crippen molar-refractivity contribution in [1.29, 1.82) is 0 Å². The molecular weight excluding hydrogens is 578 g/mol. The number of hydrogen-bond donors (Lipinski definition) is 3. The van der Waals surface area contributed by atoms with E-state index in [9.17, 15) is 32.7 Å². The molecule has 0 radical (unpaired) electrons. The minimum Gasteiger partial charge on any atom is -0.478 e. The highest BCUT2D eigenvalue weighted by molar-refractivity contribution is 7.90. The molecule has 0 aliphatic carbocycles. The molecule has 0 aliphatic heterocycles. The van der Waals surface area contributed by atoms with Crippen molar-refractivity contribution in [3.05, 3.63) is 88.9 Å². The molecule has 41 heavy (non-hydrogen) atoms. The molecule has 0 heterocycles. The number of nitrogens with one attached hydrogen (secondary N) is 2. The molecule has 0 saturated carbocycles. The van der Waals surface area contributed by atoms with Gasteiger partial charge in [-0.15, -0.1) is 4.31 Å². The van der Waals surface area contributed by atoms with Crippen LogP contribution < -0.4 is 10.6 Å². The van der Waals surface area contributed by atoms with E-state index in [1.165, 1.54) is 24.3 Å². The first-order valence-electron chi connectivity index (χ1n) is 12.6. The number of carboxylic acid groups (broad SMARTS) is 1. The molecule has 0 spiro atoms. The van der Waals surface area contributed by atoms with Crippen LogP contribution >= 0.6 is 11.6 Å². The van der Waals surface area contributed by atoms with E-state index in [4.69, 9.17) is 22.4 Å². The van der Waals surface area contributed by atoms with Crippen LogP contribution in [-0.2, 0) is 26.1 Å². The van der Waals surface area contributed by atoms with Crippen molar-refractivity contribution < 1.29 is 43.5 Å². The Morgan fingerprint density at radius 1 is 1.00 bits per heavy atom. The van der Waals surface area contributed by atoms with E-state index in [1.54, 1.807) is 18.2 Å². The van der Waals surface area contributed by atoms with Crippen LogP contribution in [-0.4, -0.2) is 48.6 Å². The Kier molecular flexibility index (Phi) is 10.1. The largest absolute Gasteiger partial charge is 0.478 e. The molecule has 12 nitrogen and oxygen atoms in total. The van der Waals surface area contributed by atoms with Crippen LogP contribution in [0.4, 0.5) is 25.8 Å². The van der Waals surface area contributed by atoms with Crippen LogP contribution in [0.5, 0.6) is 0 Å². The molecule has 0 fully saturated rings. The van der Waals surface area contributed by atoms with E-state index < -0.39 is 44.7 Å². The first kappa shape index (κ1) is 29.4. The number of hydrogen-bond acceptors (Lipinski definition) is 8. The fraction of sp³-hybridized carbons (Fsp3) is 0.185. The summed E-state index contributed by atoms with van der Waals surface area (Å²) in [7, 11) is -4.89. The number of benzene rings is 3. The lowest BCUT2D eigenvalue weighted by Gasteiger charge is -2.21. The molecule has 0 bridgehead atoms. The van der Waals surface area contributed by atoms with Crippen LogP contribution in [0.15, 0.2) is 77.7 Å². The highest BCUT2D eigenvalue weighted by atomic mass is 35.5. The molecule has 3 N–H and O–H groups in total. The second-order valence-corrected chi connectivity index (χ2v) is 10.5. The Hall–Kier alpha value is -4.62. The number of imide groups is 1. The molecule has 3 rings (SSSR count). The molecule has 4 amide bonds. The minimum atomic E-state index is -4.89. The van der Waals surface area contributed by atoms with Gasteiger partial charge in [0.1, 0.15) is 6.61 Å². The zero-order valence-electron chi connectivity index (χ0n) is 22.6. The zero-order valence-corrected chi connectivity index (χ0v) is 23.2. The monoisotopic (exact) mass is 605 g/mol. The predicted octanol–water partition coefficient (Wildman–Crippen LogP) is 5.95. The van der Waals surface area contributed by atoms with Gasteiger partial charge in [-0.3, -0.25) is 5.32 Å². The summed E-state index contributed by atoms with van der Waals surface area (Å²) in [6.07, 6.45) is -1.35. The van der Waals surface area contributed by atoms with Crippen molar-refractivity contribution in [2.45, 2.75) is 31.3 Å². The maximum Gasteiger partial charge on any atom is 0.432 e. The van der Waals surface area contributed by atoms with E-state index in [1.807, 2.05) is 6.92 Å². The summed E-state index contributed by atoms with van der Waals surface area (Å²) in [5.74, 6) is -1.44. The second-order valence-electron chi connectivity index (χ2n) is 8.30. The number of carboxylic acids is 1. The Morgan fingerprint density at radius 3 is 2.39 bits per heavy atom. The highest BCUT2D eigenvalue weighted by Gasteiger charge is 2.37. The fourth-order valence-corrected chi connectivity index (χ4v) is 4.64. The van der Waals surface area contributed by atoms with E-state index in [0.29, 0.717) is 18.4 Å². The highest BCUT2D eigenvalue weighted by Crippen LogP contribution is 2.25. The number of carbonyl (C=O) groups excluding carboxylic acids is 3. The number of rotatable bonds is 10. The normalized spacial score (nSPS) is 11.1. The standard InChI is InChI=1S/C27H26ClN3O9S/c1-2-3-15-39-27(36)31(25(34)30-23-16-19(28)9-14-22(23)24(32)33)41(37,38)21-12-10-20(11-13-21)29-26(35)40-17-18-7-5-4-6-8-18/h4-14,16H,2-3,15,17H2,1H3,(H,29,35)(H,30,34)(H,32,33)/i5T. The molecule has 0 atom stereocenters. The van der Waals surface area contributed by atoms with E-state index in [-0.39, 0.29) is 40.0 Å². The van der Waals surface area contributed by atoms with Gasteiger partial charge in [-0.05, 0) is 54.4 Å². The third-order valence-corrected chi connectivity index (χ3v) is 7.21. The van der Waals surface area contributed by atoms with Gasteiger partial charge in [0.05, 0.1) is 24.1 Å². The van der Waals surface area contributed by atoms with Crippen molar-refractivity contribution in [1.82, 2.24) is 4.31 Å². The van der Waals surface area contributed by atoms with Gasteiger partial charge in [-0.25, -0.2) is 27.6 Å². The lowest BCUT2D eigenvalue weighted by atomic mass is 10.2. The number of halogens is 1. The van der Waals surface area contributed by atoms with Crippen molar-refractivity contribution in [3.8, 4) is 0 Å². The van der Waals surface area contributed by atoms with Crippen LogP contribution in [0, 0.1) is 0 Å². The Morgan fingerprint density at radius 2 is 1.73 bits per heavy atom.